The Balaban J connectivity index is 2.42. The molecule has 19 heavy (non-hydrogen) atoms. The molecule has 0 aliphatic rings. The Morgan fingerprint density at radius 1 is 1.37 bits per heavy atom. The molecule has 2 heterocycles. The first kappa shape index (κ1) is 13.9. The van der Waals surface area contributed by atoms with Gasteiger partial charge in [0.2, 0.25) is 5.95 Å². The summed E-state index contributed by atoms with van der Waals surface area (Å²) in [5.74, 6) is 0.587. The molecule has 2 rings (SSSR count). The Labute approximate surface area is 114 Å². The van der Waals surface area contributed by atoms with E-state index in [1.165, 1.54) is 0 Å². The lowest BCUT2D eigenvalue weighted by Gasteiger charge is -2.18. The standard InChI is InChI=1S/C13H24N6/c1-6-10-11-12(18(5)16-10)19(13(14)15-11)9(2)7-8-17(3)4/h9H,6-8H2,1-5H3,(H2,14,15). The van der Waals surface area contributed by atoms with Gasteiger partial charge in [0.05, 0.1) is 5.69 Å². The number of anilines is 1. The molecule has 6 heteroatoms. The third-order valence-corrected chi connectivity index (χ3v) is 3.53. The Morgan fingerprint density at radius 3 is 2.63 bits per heavy atom. The van der Waals surface area contributed by atoms with E-state index >= 15 is 0 Å². The molecule has 0 spiro atoms. The average Bonchev–Trinajstić information content (AvgIpc) is 2.83. The summed E-state index contributed by atoms with van der Waals surface area (Å²) in [7, 11) is 6.12. The topological polar surface area (TPSA) is 64.9 Å². The second-order valence-electron chi connectivity index (χ2n) is 5.38. The summed E-state index contributed by atoms with van der Waals surface area (Å²) in [6, 6.07) is 0.313. The van der Waals surface area contributed by atoms with Crippen LogP contribution in [0.2, 0.25) is 0 Å². The van der Waals surface area contributed by atoms with Gasteiger partial charge >= 0.3 is 0 Å². The van der Waals surface area contributed by atoms with Gasteiger partial charge in [-0.1, -0.05) is 6.92 Å². The van der Waals surface area contributed by atoms with Crippen LogP contribution < -0.4 is 5.73 Å². The van der Waals surface area contributed by atoms with Gasteiger partial charge in [-0.2, -0.15) is 5.10 Å². The molecule has 0 aliphatic carbocycles. The predicted octanol–water partition coefficient (Wildman–Crippen LogP) is 1.43. The van der Waals surface area contributed by atoms with Crippen LogP contribution in [0.1, 0.15) is 32.0 Å². The second-order valence-corrected chi connectivity index (χ2v) is 5.38. The maximum atomic E-state index is 6.09. The highest BCUT2D eigenvalue weighted by Crippen LogP contribution is 2.26. The highest BCUT2D eigenvalue weighted by atomic mass is 15.4. The largest absolute Gasteiger partial charge is 0.369 e. The van der Waals surface area contributed by atoms with Gasteiger partial charge in [-0.05, 0) is 40.4 Å². The minimum absolute atomic E-state index is 0.313. The fourth-order valence-corrected chi connectivity index (χ4v) is 2.47. The SMILES string of the molecule is CCc1nn(C)c2c1nc(N)n2C(C)CCN(C)C. The normalized spacial score (nSPS) is 13.6. The lowest BCUT2D eigenvalue weighted by molar-refractivity contribution is 0.360. The summed E-state index contributed by atoms with van der Waals surface area (Å²) in [6.07, 6.45) is 1.91. The summed E-state index contributed by atoms with van der Waals surface area (Å²) in [5.41, 5.74) is 9.08. The fourth-order valence-electron chi connectivity index (χ4n) is 2.47. The number of imidazole rings is 1. The number of hydrogen-bond donors (Lipinski definition) is 1. The van der Waals surface area contributed by atoms with Gasteiger partial charge in [0.25, 0.3) is 0 Å². The van der Waals surface area contributed by atoms with Crippen LogP contribution in [0, 0.1) is 0 Å². The van der Waals surface area contributed by atoms with Crippen molar-refractivity contribution in [3.8, 4) is 0 Å². The van der Waals surface area contributed by atoms with Gasteiger partial charge in [0.1, 0.15) is 5.52 Å². The Bertz CT molecular complexity index is 565. The first-order valence-electron chi connectivity index (χ1n) is 6.79. The highest BCUT2D eigenvalue weighted by Gasteiger charge is 2.20. The number of nitrogens with zero attached hydrogens (tertiary/aromatic N) is 5. The van der Waals surface area contributed by atoms with Gasteiger partial charge in [-0.15, -0.1) is 0 Å². The highest BCUT2D eigenvalue weighted by molar-refractivity contribution is 5.78. The molecule has 6 nitrogen and oxygen atoms in total. The van der Waals surface area contributed by atoms with E-state index in [-0.39, 0.29) is 0 Å². The summed E-state index contributed by atoms with van der Waals surface area (Å²) >= 11 is 0. The van der Waals surface area contributed by atoms with Crippen LogP contribution in [0.4, 0.5) is 5.95 Å². The number of fused-ring (bicyclic) bond motifs is 1. The van der Waals surface area contributed by atoms with E-state index in [0.717, 1.165) is 36.2 Å². The van der Waals surface area contributed by atoms with E-state index in [2.05, 4.69) is 47.5 Å². The molecular formula is C13H24N6. The minimum Gasteiger partial charge on any atom is -0.369 e. The smallest absolute Gasteiger partial charge is 0.202 e. The third-order valence-electron chi connectivity index (χ3n) is 3.53. The number of nitrogens with two attached hydrogens (primary N) is 1. The van der Waals surface area contributed by atoms with E-state index in [9.17, 15) is 0 Å². The van der Waals surface area contributed by atoms with Crippen LogP contribution in [-0.4, -0.2) is 44.9 Å². The zero-order valence-corrected chi connectivity index (χ0v) is 12.5. The molecule has 106 valence electrons. The Morgan fingerprint density at radius 2 is 2.05 bits per heavy atom. The molecule has 0 saturated heterocycles. The maximum Gasteiger partial charge on any atom is 0.202 e. The van der Waals surface area contributed by atoms with Crippen molar-refractivity contribution in [1.29, 1.82) is 0 Å². The number of aromatic nitrogens is 4. The number of rotatable bonds is 5. The van der Waals surface area contributed by atoms with Gasteiger partial charge in [0, 0.05) is 13.1 Å². The quantitative estimate of drug-likeness (QED) is 0.887. The molecule has 0 saturated carbocycles. The molecule has 0 aromatic carbocycles. The number of hydrogen-bond acceptors (Lipinski definition) is 4. The Kier molecular flexibility index (Phi) is 3.80. The summed E-state index contributed by atoms with van der Waals surface area (Å²) in [5, 5.41) is 4.52. The third kappa shape index (κ3) is 2.45. The number of nitrogen functional groups attached to an aromatic ring is 1. The van der Waals surface area contributed by atoms with Crippen LogP contribution in [0.3, 0.4) is 0 Å². The molecular weight excluding hydrogens is 240 g/mol. The molecule has 0 amide bonds. The average molecular weight is 264 g/mol. The molecule has 0 radical (unpaired) electrons. The van der Waals surface area contributed by atoms with Crippen molar-refractivity contribution in [2.24, 2.45) is 7.05 Å². The molecule has 1 atom stereocenters. The van der Waals surface area contributed by atoms with E-state index in [1.807, 2.05) is 11.7 Å². The van der Waals surface area contributed by atoms with Gasteiger partial charge in [0.15, 0.2) is 5.65 Å². The predicted molar refractivity (Wildman–Crippen MR) is 78.2 cm³/mol. The van der Waals surface area contributed by atoms with E-state index < -0.39 is 0 Å². The molecule has 1 unspecified atom stereocenters. The van der Waals surface area contributed by atoms with E-state index in [1.54, 1.807) is 0 Å². The van der Waals surface area contributed by atoms with Crippen LogP contribution in [0.15, 0.2) is 0 Å². The van der Waals surface area contributed by atoms with Gasteiger partial charge in [-0.25, -0.2) is 4.98 Å². The molecule has 0 aliphatic heterocycles. The van der Waals surface area contributed by atoms with Crippen molar-refractivity contribution < 1.29 is 0 Å². The number of aryl methyl sites for hydroxylation is 2. The zero-order chi connectivity index (χ0) is 14.2. The van der Waals surface area contributed by atoms with E-state index in [4.69, 9.17) is 5.73 Å². The van der Waals surface area contributed by atoms with Crippen molar-refractivity contribution in [3.63, 3.8) is 0 Å². The lowest BCUT2D eigenvalue weighted by atomic mass is 10.2. The summed E-state index contributed by atoms with van der Waals surface area (Å²) < 4.78 is 3.99. The van der Waals surface area contributed by atoms with E-state index in [0.29, 0.717) is 12.0 Å². The Hall–Kier alpha value is -1.56. The summed E-state index contributed by atoms with van der Waals surface area (Å²) in [6.45, 7) is 5.30. The van der Waals surface area contributed by atoms with Crippen LogP contribution in [-0.2, 0) is 13.5 Å². The maximum absolute atomic E-state index is 6.09. The molecule has 0 fully saturated rings. The van der Waals surface area contributed by atoms with Crippen molar-refractivity contribution >= 4 is 17.1 Å². The van der Waals surface area contributed by atoms with Crippen molar-refractivity contribution in [3.05, 3.63) is 5.69 Å². The van der Waals surface area contributed by atoms with Gasteiger partial charge in [-0.3, -0.25) is 9.25 Å². The molecule has 2 N–H and O–H groups in total. The van der Waals surface area contributed by atoms with Crippen molar-refractivity contribution in [2.45, 2.75) is 32.7 Å². The zero-order valence-electron chi connectivity index (χ0n) is 12.5. The van der Waals surface area contributed by atoms with Crippen LogP contribution >= 0.6 is 0 Å². The molecule has 2 aromatic heterocycles. The minimum atomic E-state index is 0.313. The second kappa shape index (κ2) is 5.21. The molecule has 2 aromatic rings. The van der Waals surface area contributed by atoms with Gasteiger partial charge < -0.3 is 10.6 Å². The van der Waals surface area contributed by atoms with Crippen LogP contribution in [0.25, 0.3) is 11.2 Å². The first-order valence-corrected chi connectivity index (χ1v) is 6.79. The fraction of sp³-hybridized carbons (Fsp3) is 0.692. The monoisotopic (exact) mass is 264 g/mol. The summed E-state index contributed by atoms with van der Waals surface area (Å²) in [4.78, 5) is 6.68. The first-order chi connectivity index (χ1) is 8.95. The lowest BCUT2D eigenvalue weighted by Crippen LogP contribution is -2.19. The van der Waals surface area contributed by atoms with Crippen molar-refractivity contribution in [2.75, 3.05) is 26.4 Å². The van der Waals surface area contributed by atoms with Crippen molar-refractivity contribution in [1.82, 2.24) is 24.2 Å². The van der Waals surface area contributed by atoms with Crippen LogP contribution in [0.5, 0.6) is 0 Å². The molecule has 0 bridgehead atoms.